The second kappa shape index (κ2) is 6.49. The number of hydrogen-bond acceptors (Lipinski definition) is 7. The van der Waals surface area contributed by atoms with Crippen molar-refractivity contribution in [3.05, 3.63) is 65.0 Å². The molecule has 2 aliphatic rings. The summed E-state index contributed by atoms with van der Waals surface area (Å²) in [6.07, 6.45) is 0. The number of nitrogens with one attached hydrogen (secondary N) is 1. The highest BCUT2D eigenvalue weighted by molar-refractivity contribution is 5.73. The van der Waals surface area contributed by atoms with Crippen molar-refractivity contribution in [1.82, 2.24) is 10.2 Å². The molecule has 1 aromatic heterocycles. The van der Waals surface area contributed by atoms with E-state index in [4.69, 9.17) is 24.7 Å². The van der Waals surface area contributed by atoms with Crippen molar-refractivity contribution >= 4 is 0 Å². The normalized spacial score (nSPS) is 16.8. The summed E-state index contributed by atoms with van der Waals surface area (Å²) in [5, 5.41) is 17.1. The molecule has 3 heterocycles. The zero-order valence-corrected chi connectivity index (χ0v) is 15.4. The first-order chi connectivity index (χ1) is 14.2. The van der Waals surface area contributed by atoms with Crippen LogP contribution in [0.4, 0.5) is 0 Å². The number of nitrogens with two attached hydrogens (primary N) is 1. The van der Waals surface area contributed by atoms with Crippen molar-refractivity contribution in [2.75, 3.05) is 13.9 Å². The molecule has 3 N–H and O–H groups in total. The second-order valence-electron chi connectivity index (χ2n) is 6.59. The molecule has 3 aromatic rings. The van der Waals surface area contributed by atoms with Gasteiger partial charge in [0.2, 0.25) is 18.6 Å². The summed E-state index contributed by atoms with van der Waals surface area (Å²) in [5.74, 6) is 1.93. The highest BCUT2D eigenvalue weighted by Crippen LogP contribution is 2.47. The number of nitrogens with zero attached hydrogens (tertiary/aromatic N) is 2. The number of rotatable bonds is 3. The summed E-state index contributed by atoms with van der Waals surface area (Å²) in [4.78, 5) is 0. The van der Waals surface area contributed by atoms with Crippen LogP contribution in [0.2, 0.25) is 0 Å². The number of allylic oxidation sites excluding steroid dienone is 1. The van der Waals surface area contributed by atoms with Gasteiger partial charge in [-0.15, -0.1) is 5.10 Å². The minimum absolute atomic E-state index is 0.0385. The van der Waals surface area contributed by atoms with Crippen molar-refractivity contribution < 1.29 is 18.9 Å². The predicted octanol–water partition coefficient (Wildman–Crippen LogP) is 3.03. The number of aromatic amines is 1. The van der Waals surface area contributed by atoms with Crippen LogP contribution in [0.3, 0.4) is 0 Å². The van der Waals surface area contributed by atoms with Gasteiger partial charge in [0.05, 0.1) is 24.3 Å². The van der Waals surface area contributed by atoms with E-state index in [0.717, 1.165) is 16.7 Å². The van der Waals surface area contributed by atoms with Gasteiger partial charge in [0.25, 0.3) is 0 Å². The Bertz CT molecular complexity index is 1190. The summed E-state index contributed by atoms with van der Waals surface area (Å²) in [6.45, 7) is 0.188. The van der Waals surface area contributed by atoms with Gasteiger partial charge in [0, 0.05) is 5.56 Å². The summed E-state index contributed by atoms with van der Waals surface area (Å²) in [7, 11) is 1.60. The monoisotopic (exact) mass is 388 g/mol. The number of ether oxygens (including phenoxy) is 4. The topological polar surface area (TPSA) is 115 Å². The maximum Gasteiger partial charge on any atom is 0.244 e. The third kappa shape index (κ3) is 2.63. The molecule has 0 saturated carbocycles. The van der Waals surface area contributed by atoms with Gasteiger partial charge in [-0.1, -0.05) is 12.1 Å². The lowest BCUT2D eigenvalue weighted by Crippen LogP contribution is -2.21. The highest BCUT2D eigenvalue weighted by atomic mass is 16.7. The molecule has 0 amide bonds. The Morgan fingerprint density at radius 2 is 2.07 bits per heavy atom. The zero-order valence-electron chi connectivity index (χ0n) is 15.4. The Kier molecular flexibility index (Phi) is 3.81. The van der Waals surface area contributed by atoms with E-state index >= 15 is 0 Å². The van der Waals surface area contributed by atoms with Crippen LogP contribution < -0.4 is 24.7 Å². The van der Waals surface area contributed by atoms with Crippen LogP contribution in [0.1, 0.15) is 17.0 Å². The number of fused-ring (bicyclic) bond motifs is 2. The van der Waals surface area contributed by atoms with Crippen molar-refractivity contribution in [3.63, 3.8) is 0 Å². The van der Waals surface area contributed by atoms with Crippen LogP contribution in [-0.2, 0) is 0 Å². The molecule has 0 unspecified atom stereocenters. The SMILES string of the molecule is COc1cccc([C@@H]2C(C#N)=C(N)Oc3n[nH]c(-c4ccc5c(c4)OCO5)c32)c1. The van der Waals surface area contributed by atoms with Crippen molar-refractivity contribution in [2.24, 2.45) is 5.73 Å². The maximum absolute atomic E-state index is 9.80. The molecule has 0 radical (unpaired) electrons. The number of aromatic nitrogens is 2. The Labute approximate surface area is 166 Å². The van der Waals surface area contributed by atoms with Gasteiger partial charge >= 0.3 is 0 Å². The number of hydrogen-bond donors (Lipinski definition) is 2. The van der Waals surface area contributed by atoms with Crippen LogP contribution in [-0.4, -0.2) is 24.1 Å². The number of H-pyrrole nitrogens is 1. The molecule has 0 fully saturated rings. The average Bonchev–Trinajstić information content (AvgIpc) is 3.38. The fraction of sp³-hybridized carbons (Fsp3) is 0.143. The first-order valence-electron chi connectivity index (χ1n) is 8.89. The Hall–Kier alpha value is -4.12. The zero-order chi connectivity index (χ0) is 20.0. The summed E-state index contributed by atoms with van der Waals surface area (Å²) < 4.78 is 21.9. The molecule has 5 rings (SSSR count). The lowest BCUT2D eigenvalue weighted by atomic mass is 9.83. The molecule has 144 valence electrons. The Morgan fingerprint density at radius 1 is 1.21 bits per heavy atom. The van der Waals surface area contributed by atoms with Gasteiger partial charge in [0.15, 0.2) is 11.5 Å². The smallest absolute Gasteiger partial charge is 0.244 e. The van der Waals surface area contributed by atoms with Crippen molar-refractivity contribution in [3.8, 4) is 40.5 Å². The molecule has 1 atom stereocenters. The predicted molar refractivity (Wildman–Crippen MR) is 102 cm³/mol. The lowest BCUT2D eigenvalue weighted by Gasteiger charge is -2.24. The van der Waals surface area contributed by atoms with Crippen LogP contribution in [0.15, 0.2) is 53.9 Å². The minimum Gasteiger partial charge on any atom is -0.497 e. The second-order valence-corrected chi connectivity index (χ2v) is 6.59. The van der Waals surface area contributed by atoms with E-state index in [1.165, 1.54) is 0 Å². The fourth-order valence-corrected chi connectivity index (χ4v) is 3.67. The van der Waals surface area contributed by atoms with Gasteiger partial charge in [0.1, 0.15) is 17.4 Å². The van der Waals surface area contributed by atoms with Crippen LogP contribution in [0, 0.1) is 11.3 Å². The summed E-state index contributed by atoms with van der Waals surface area (Å²) >= 11 is 0. The van der Waals surface area contributed by atoms with Crippen molar-refractivity contribution in [1.29, 1.82) is 5.26 Å². The quantitative estimate of drug-likeness (QED) is 0.708. The molecule has 8 heteroatoms. The van der Waals surface area contributed by atoms with Gasteiger partial charge in [-0.05, 0) is 35.9 Å². The number of benzene rings is 2. The Balaban J connectivity index is 1.70. The molecule has 0 saturated heterocycles. The first kappa shape index (κ1) is 17.0. The van der Waals surface area contributed by atoms with E-state index in [-0.39, 0.29) is 12.7 Å². The minimum atomic E-state index is -0.460. The molecule has 2 aromatic carbocycles. The van der Waals surface area contributed by atoms with Gasteiger partial charge in [-0.25, -0.2) is 0 Å². The molecule has 8 nitrogen and oxygen atoms in total. The van der Waals surface area contributed by atoms with Gasteiger partial charge < -0.3 is 24.7 Å². The van der Waals surface area contributed by atoms with E-state index < -0.39 is 5.92 Å². The third-order valence-corrected chi connectivity index (χ3v) is 5.03. The fourth-order valence-electron chi connectivity index (χ4n) is 3.67. The number of nitriles is 1. The maximum atomic E-state index is 9.80. The largest absolute Gasteiger partial charge is 0.497 e. The molecule has 0 aliphatic carbocycles. The van der Waals surface area contributed by atoms with Crippen LogP contribution >= 0.6 is 0 Å². The van der Waals surface area contributed by atoms with E-state index in [1.54, 1.807) is 7.11 Å². The van der Waals surface area contributed by atoms with Crippen LogP contribution in [0.5, 0.6) is 23.1 Å². The van der Waals surface area contributed by atoms with Crippen molar-refractivity contribution in [2.45, 2.75) is 5.92 Å². The Morgan fingerprint density at radius 3 is 2.90 bits per heavy atom. The van der Waals surface area contributed by atoms with Crippen LogP contribution in [0.25, 0.3) is 11.3 Å². The molecule has 0 spiro atoms. The van der Waals surface area contributed by atoms with E-state index in [0.29, 0.717) is 34.4 Å². The highest BCUT2D eigenvalue weighted by Gasteiger charge is 2.36. The first-order valence-corrected chi connectivity index (χ1v) is 8.89. The number of methoxy groups -OCH3 is 1. The lowest BCUT2D eigenvalue weighted by molar-refractivity contribution is 0.174. The average molecular weight is 388 g/mol. The summed E-state index contributed by atoms with van der Waals surface area (Å²) in [6, 6.07) is 15.3. The van der Waals surface area contributed by atoms with E-state index in [1.807, 2.05) is 42.5 Å². The van der Waals surface area contributed by atoms with Gasteiger partial charge in [-0.3, -0.25) is 5.10 Å². The molecule has 29 heavy (non-hydrogen) atoms. The van der Waals surface area contributed by atoms with Gasteiger partial charge in [-0.2, -0.15) is 5.26 Å². The molecular formula is C21H16N4O4. The summed E-state index contributed by atoms with van der Waals surface area (Å²) in [5.41, 5.74) is 9.47. The third-order valence-electron chi connectivity index (χ3n) is 5.03. The molecule has 0 bridgehead atoms. The molecular weight excluding hydrogens is 372 g/mol. The standard InChI is InChI=1S/C21H16N4O4/c1-26-13-4-2-3-11(7-13)17-14(9-22)20(23)29-21-18(17)19(24-25-21)12-5-6-15-16(8-12)28-10-27-15/h2-8,17H,10,23H2,1H3,(H,24,25)/t17-/m1/s1. The van der Waals surface area contributed by atoms with E-state index in [9.17, 15) is 5.26 Å². The molecule has 2 aliphatic heterocycles. The van der Waals surface area contributed by atoms with E-state index in [2.05, 4.69) is 16.3 Å².